The van der Waals surface area contributed by atoms with Gasteiger partial charge in [0.25, 0.3) is 0 Å². The number of phenols is 1. The summed E-state index contributed by atoms with van der Waals surface area (Å²) in [6, 6.07) is 15.3. The van der Waals surface area contributed by atoms with Crippen LogP contribution in [0.1, 0.15) is 36.8 Å². The maximum Gasteiger partial charge on any atom is 0.246 e. The first kappa shape index (κ1) is 26.0. The predicted molar refractivity (Wildman–Crippen MR) is 143 cm³/mol. The Bertz CT molecular complexity index is 1120. The molecule has 1 saturated carbocycles. The van der Waals surface area contributed by atoms with Crippen LogP contribution in [-0.4, -0.2) is 73.4 Å². The molecule has 36 heavy (non-hydrogen) atoms. The van der Waals surface area contributed by atoms with Crippen LogP contribution in [0.4, 0.5) is 0 Å². The lowest BCUT2D eigenvalue weighted by molar-refractivity contribution is -0.157. The average molecular weight is 491 g/mol. The van der Waals surface area contributed by atoms with Crippen LogP contribution in [0, 0.1) is 0 Å². The summed E-state index contributed by atoms with van der Waals surface area (Å²) in [6.07, 6.45) is 8.78. The zero-order chi connectivity index (χ0) is 25.8. The third kappa shape index (κ3) is 4.93. The number of nitrogens with zero attached hydrogens (tertiary/aromatic N) is 2. The lowest BCUT2D eigenvalue weighted by Gasteiger charge is -2.60. The van der Waals surface area contributed by atoms with Gasteiger partial charge in [-0.3, -0.25) is 9.69 Å². The first-order valence-corrected chi connectivity index (χ1v) is 12.6. The summed E-state index contributed by atoms with van der Waals surface area (Å²) in [5.74, 6) is 0.975. The van der Waals surface area contributed by atoms with E-state index in [0.717, 1.165) is 56.6 Å². The topological polar surface area (TPSA) is 62.2 Å². The van der Waals surface area contributed by atoms with E-state index in [4.69, 9.17) is 9.47 Å². The molecule has 0 aromatic heterocycles. The average Bonchev–Trinajstić information content (AvgIpc) is 2.91. The maximum absolute atomic E-state index is 13.2. The fraction of sp³-hybridized carbons (Fsp3) is 0.433. The zero-order valence-electron chi connectivity index (χ0n) is 21.7. The number of carbonyl (C=O) groups is 1. The highest BCUT2D eigenvalue weighted by Crippen LogP contribution is 2.54. The van der Waals surface area contributed by atoms with Crippen LogP contribution < -0.4 is 4.74 Å². The van der Waals surface area contributed by atoms with E-state index in [1.54, 1.807) is 37.5 Å². The maximum atomic E-state index is 13.2. The molecule has 1 aliphatic carbocycles. The first-order valence-electron chi connectivity index (χ1n) is 12.6. The second-order valence-corrected chi connectivity index (χ2v) is 10.1. The molecule has 0 radical (unpaired) electrons. The lowest BCUT2D eigenvalue weighted by atomic mass is 9.55. The zero-order valence-corrected chi connectivity index (χ0v) is 21.7. The highest BCUT2D eigenvalue weighted by Gasteiger charge is 2.59. The van der Waals surface area contributed by atoms with E-state index in [0.29, 0.717) is 0 Å². The van der Waals surface area contributed by atoms with Gasteiger partial charge in [-0.2, -0.15) is 0 Å². The Hall–Kier alpha value is -3.09. The number of methoxy groups -OCH3 is 2. The molecule has 1 amide bonds. The minimum Gasteiger partial charge on any atom is -0.508 e. The Morgan fingerprint density at radius 3 is 2.75 bits per heavy atom. The highest BCUT2D eigenvalue weighted by molar-refractivity contribution is 5.91. The van der Waals surface area contributed by atoms with Crippen molar-refractivity contribution in [2.75, 3.05) is 40.9 Å². The van der Waals surface area contributed by atoms with Crippen LogP contribution in [-0.2, 0) is 14.9 Å². The number of hydrogen-bond donors (Lipinski definition) is 1. The van der Waals surface area contributed by atoms with E-state index in [1.807, 2.05) is 37.3 Å². The second-order valence-electron chi connectivity index (χ2n) is 10.1. The van der Waals surface area contributed by atoms with Gasteiger partial charge < -0.3 is 19.5 Å². The van der Waals surface area contributed by atoms with Crippen molar-refractivity contribution in [2.24, 2.45) is 0 Å². The van der Waals surface area contributed by atoms with Gasteiger partial charge in [-0.15, -0.1) is 6.58 Å². The van der Waals surface area contributed by atoms with Crippen molar-refractivity contribution in [1.29, 1.82) is 0 Å². The van der Waals surface area contributed by atoms with Gasteiger partial charge in [-0.1, -0.05) is 30.3 Å². The number of amides is 1. The van der Waals surface area contributed by atoms with Gasteiger partial charge >= 0.3 is 0 Å². The lowest BCUT2D eigenvalue weighted by Crippen LogP contribution is -2.68. The number of aromatic hydroxyl groups is 1. The van der Waals surface area contributed by atoms with Crippen LogP contribution >= 0.6 is 0 Å². The second kappa shape index (κ2) is 10.9. The van der Waals surface area contributed by atoms with Crippen molar-refractivity contribution in [3.8, 4) is 11.5 Å². The van der Waals surface area contributed by atoms with Gasteiger partial charge in [-0.25, -0.2) is 0 Å². The van der Waals surface area contributed by atoms with E-state index in [2.05, 4.69) is 29.7 Å². The molecular formula is C30H38N2O4. The van der Waals surface area contributed by atoms with E-state index in [1.165, 1.54) is 5.56 Å². The van der Waals surface area contributed by atoms with E-state index >= 15 is 0 Å². The Labute approximate surface area is 214 Å². The van der Waals surface area contributed by atoms with Gasteiger partial charge in [0.1, 0.15) is 11.5 Å². The summed E-state index contributed by atoms with van der Waals surface area (Å²) < 4.78 is 12.0. The number of carbonyl (C=O) groups excluding carboxylic acids is 1. The van der Waals surface area contributed by atoms with E-state index in [-0.39, 0.29) is 28.7 Å². The molecule has 6 heteroatoms. The number of benzene rings is 2. The SMILES string of the molecule is C=CCN1CCC2(c3cccc(OC)c3)CC(N(C)C(=O)/C=C/c3cccc(O)c3)CCC2(OC)C1. The van der Waals surface area contributed by atoms with Crippen molar-refractivity contribution in [3.63, 3.8) is 0 Å². The Balaban J connectivity index is 1.64. The van der Waals surface area contributed by atoms with Crippen LogP contribution in [0.5, 0.6) is 11.5 Å². The molecule has 6 nitrogen and oxygen atoms in total. The molecule has 4 rings (SSSR count). The smallest absolute Gasteiger partial charge is 0.246 e. The third-order valence-corrected chi connectivity index (χ3v) is 8.26. The number of rotatable bonds is 8. The Kier molecular flexibility index (Phi) is 7.86. The van der Waals surface area contributed by atoms with Crippen LogP contribution in [0.3, 0.4) is 0 Å². The molecule has 1 heterocycles. The Morgan fingerprint density at radius 1 is 1.22 bits per heavy atom. The van der Waals surface area contributed by atoms with Crippen LogP contribution in [0.2, 0.25) is 0 Å². The summed E-state index contributed by atoms with van der Waals surface area (Å²) in [5, 5.41) is 9.72. The highest BCUT2D eigenvalue weighted by atomic mass is 16.5. The van der Waals surface area contributed by atoms with Gasteiger partial charge in [0.05, 0.1) is 12.7 Å². The number of likely N-dealkylation sites (N-methyl/N-ethyl adjacent to an activating group) is 1. The van der Waals surface area contributed by atoms with Gasteiger partial charge in [0, 0.05) is 44.8 Å². The predicted octanol–water partition coefficient (Wildman–Crippen LogP) is 4.64. The summed E-state index contributed by atoms with van der Waals surface area (Å²) in [5.41, 5.74) is 1.39. The van der Waals surface area contributed by atoms with Gasteiger partial charge in [0.2, 0.25) is 5.91 Å². The van der Waals surface area contributed by atoms with Crippen molar-refractivity contribution >= 4 is 12.0 Å². The molecule has 2 fully saturated rings. The number of hydrogen-bond acceptors (Lipinski definition) is 5. The quantitative estimate of drug-likeness (QED) is 0.432. The monoisotopic (exact) mass is 490 g/mol. The van der Waals surface area contributed by atoms with Crippen LogP contribution in [0.25, 0.3) is 6.08 Å². The van der Waals surface area contributed by atoms with Gasteiger partial charge in [-0.05, 0) is 73.7 Å². The number of ether oxygens (including phenoxy) is 2. The largest absolute Gasteiger partial charge is 0.508 e. The van der Waals surface area contributed by atoms with Crippen LogP contribution in [0.15, 0.2) is 67.3 Å². The number of piperidine rings is 1. The molecule has 192 valence electrons. The summed E-state index contributed by atoms with van der Waals surface area (Å²) in [4.78, 5) is 17.5. The normalized spacial score (nSPS) is 26.4. The molecular weight excluding hydrogens is 452 g/mol. The summed E-state index contributed by atoms with van der Waals surface area (Å²) >= 11 is 0. The van der Waals surface area contributed by atoms with E-state index < -0.39 is 0 Å². The molecule has 2 aliphatic rings. The first-order chi connectivity index (χ1) is 17.4. The Morgan fingerprint density at radius 2 is 2.03 bits per heavy atom. The molecule has 1 aliphatic heterocycles. The molecule has 2 aromatic rings. The molecule has 1 saturated heterocycles. The number of fused-ring (bicyclic) bond motifs is 1. The molecule has 0 spiro atoms. The minimum atomic E-state index is -0.363. The molecule has 3 unspecified atom stereocenters. The van der Waals surface area contributed by atoms with Crippen molar-refractivity contribution in [2.45, 2.75) is 42.7 Å². The molecule has 0 bridgehead atoms. The fourth-order valence-electron chi connectivity index (χ4n) is 6.25. The van der Waals surface area contributed by atoms with Crippen molar-refractivity contribution in [3.05, 3.63) is 78.4 Å². The molecule has 3 atom stereocenters. The summed E-state index contributed by atoms with van der Waals surface area (Å²) in [7, 11) is 5.42. The number of likely N-dealkylation sites (tertiary alicyclic amines) is 1. The summed E-state index contributed by atoms with van der Waals surface area (Å²) in [6.45, 7) is 6.54. The fourth-order valence-corrected chi connectivity index (χ4v) is 6.25. The molecule has 1 N–H and O–H groups in total. The molecule has 2 aromatic carbocycles. The number of phenolic OH excluding ortho intramolecular Hbond substituents is 1. The van der Waals surface area contributed by atoms with Crippen molar-refractivity contribution in [1.82, 2.24) is 9.80 Å². The van der Waals surface area contributed by atoms with Gasteiger partial charge in [0.15, 0.2) is 0 Å². The standard InChI is InChI=1S/C30H38N2O4/c1-5-17-32-18-16-29(24-9-7-11-27(20-24)35-3)21-25(14-15-30(29,22-32)36-4)31(2)28(34)13-12-23-8-6-10-26(33)19-23/h5-13,19-20,25,33H,1,14-18,21-22H2,2-4H3/b13-12+. The minimum absolute atomic E-state index is 0.0434. The van der Waals surface area contributed by atoms with Crippen molar-refractivity contribution < 1.29 is 19.4 Å². The third-order valence-electron chi connectivity index (χ3n) is 8.26. The van der Waals surface area contributed by atoms with E-state index in [9.17, 15) is 9.90 Å².